The molecule has 0 bridgehead atoms. The van der Waals surface area contributed by atoms with E-state index in [1.807, 2.05) is 32.9 Å². The van der Waals surface area contributed by atoms with Crippen molar-refractivity contribution in [3.8, 4) is 11.6 Å². The Morgan fingerprint density at radius 2 is 1.90 bits per heavy atom. The number of aryl methyl sites for hydroxylation is 1. The summed E-state index contributed by atoms with van der Waals surface area (Å²) in [4.78, 5) is 11.9. The Morgan fingerprint density at radius 1 is 1.10 bits per heavy atom. The van der Waals surface area contributed by atoms with E-state index in [0.717, 1.165) is 17.0 Å². The van der Waals surface area contributed by atoms with Crippen molar-refractivity contribution in [3.05, 3.63) is 57.3 Å². The predicted octanol–water partition coefficient (Wildman–Crippen LogP) is 3.50. The highest BCUT2D eigenvalue weighted by molar-refractivity contribution is 6.35. The highest BCUT2D eigenvalue weighted by Crippen LogP contribution is 2.27. The normalized spacial score (nSPS) is 10.7. The molecule has 1 amide bonds. The zero-order valence-electron chi connectivity index (χ0n) is 16.9. The van der Waals surface area contributed by atoms with E-state index in [0.29, 0.717) is 40.5 Å². The Labute approximate surface area is 184 Å². The van der Waals surface area contributed by atoms with Gasteiger partial charge < -0.3 is 15.4 Å². The van der Waals surface area contributed by atoms with E-state index in [1.165, 1.54) is 0 Å². The average Bonchev–Trinajstić information content (AvgIpc) is 2.98. The number of hydrogen-bond acceptors (Lipinski definition) is 6. The van der Waals surface area contributed by atoms with Crippen molar-refractivity contribution < 1.29 is 9.53 Å². The fourth-order valence-corrected chi connectivity index (χ4v) is 3.12. The first kappa shape index (κ1) is 21.9. The van der Waals surface area contributed by atoms with Crippen LogP contribution in [0, 0.1) is 20.8 Å². The Bertz CT molecular complexity index is 1040. The Hall–Kier alpha value is -2.84. The van der Waals surface area contributed by atoms with Crippen LogP contribution >= 0.6 is 23.2 Å². The van der Waals surface area contributed by atoms with Gasteiger partial charge in [-0.15, -0.1) is 10.2 Å². The summed E-state index contributed by atoms with van der Waals surface area (Å²) in [7, 11) is 0. The van der Waals surface area contributed by atoms with Gasteiger partial charge in [-0.2, -0.15) is 5.10 Å². The van der Waals surface area contributed by atoms with E-state index in [2.05, 4.69) is 25.9 Å². The largest absolute Gasteiger partial charge is 0.482 e. The third-order valence-corrected chi connectivity index (χ3v) is 5.06. The molecule has 2 N–H and O–H groups in total. The lowest BCUT2D eigenvalue weighted by atomic mass is 10.2. The second-order valence-electron chi connectivity index (χ2n) is 6.62. The maximum absolute atomic E-state index is 11.9. The topological polar surface area (TPSA) is 94.0 Å². The van der Waals surface area contributed by atoms with Crippen molar-refractivity contribution in [2.24, 2.45) is 0 Å². The molecule has 0 aliphatic heterocycles. The number of aromatic nitrogens is 4. The first-order chi connectivity index (χ1) is 14.3. The number of benzene rings is 1. The number of anilines is 1. The summed E-state index contributed by atoms with van der Waals surface area (Å²) in [5.74, 6) is 1.41. The smallest absolute Gasteiger partial charge is 0.258 e. The third kappa shape index (κ3) is 5.40. The number of hydrogen-bond donors (Lipinski definition) is 2. The standard InChI is InChI=1S/C20H22Cl2N6O2/c1-12-13(2)27-28(14(12)3)19-7-6-18(25-26-19)23-8-9-24-20(29)11-30-17-5-4-15(21)10-16(17)22/h4-7,10H,8-9,11H2,1-3H3,(H,23,25)(H,24,29). The monoisotopic (exact) mass is 448 g/mol. The first-order valence-corrected chi connectivity index (χ1v) is 10.1. The third-order valence-electron chi connectivity index (χ3n) is 4.53. The maximum atomic E-state index is 11.9. The van der Waals surface area contributed by atoms with Gasteiger partial charge in [-0.25, -0.2) is 4.68 Å². The number of amides is 1. The number of halogens is 2. The minimum Gasteiger partial charge on any atom is -0.482 e. The number of carbonyl (C=O) groups is 1. The van der Waals surface area contributed by atoms with E-state index in [4.69, 9.17) is 27.9 Å². The average molecular weight is 449 g/mol. The molecule has 0 aliphatic carbocycles. The number of nitrogens with one attached hydrogen (secondary N) is 2. The van der Waals surface area contributed by atoms with Crippen LogP contribution in [-0.4, -0.2) is 45.6 Å². The van der Waals surface area contributed by atoms with Crippen molar-refractivity contribution in [2.75, 3.05) is 25.0 Å². The van der Waals surface area contributed by atoms with E-state index in [-0.39, 0.29) is 12.5 Å². The molecule has 1 aromatic carbocycles. The number of rotatable bonds is 8. The van der Waals surface area contributed by atoms with Crippen molar-refractivity contribution >= 4 is 34.9 Å². The number of ether oxygens (including phenoxy) is 1. The minimum atomic E-state index is -0.260. The molecule has 3 aromatic rings. The molecule has 8 nitrogen and oxygen atoms in total. The van der Waals surface area contributed by atoms with Crippen LogP contribution in [0.2, 0.25) is 10.0 Å². The fourth-order valence-electron chi connectivity index (χ4n) is 2.66. The van der Waals surface area contributed by atoms with Gasteiger partial charge in [-0.3, -0.25) is 4.79 Å². The second-order valence-corrected chi connectivity index (χ2v) is 7.47. The molecular formula is C20H22Cl2N6O2. The van der Waals surface area contributed by atoms with Crippen LogP contribution in [0.15, 0.2) is 30.3 Å². The molecule has 3 rings (SSSR count). The highest BCUT2D eigenvalue weighted by Gasteiger charge is 2.10. The van der Waals surface area contributed by atoms with Gasteiger partial charge in [0, 0.05) is 23.8 Å². The van der Waals surface area contributed by atoms with Gasteiger partial charge >= 0.3 is 0 Å². The molecule has 2 heterocycles. The van der Waals surface area contributed by atoms with Crippen LogP contribution in [0.25, 0.3) is 5.82 Å². The Kier molecular flexibility index (Phi) is 7.12. The Balaban J connectivity index is 1.42. The molecule has 30 heavy (non-hydrogen) atoms. The highest BCUT2D eigenvalue weighted by atomic mass is 35.5. The van der Waals surface area contributed by atoms with Gasteiger partial charge in [0.15, 0.2) is 12.4 Å². The summed E-state index contributed by atoms with van der Waals surface area (Å²) in [6, 6.07) is 8.49. The molecule has 0 fully saturated rings. The molecule has 0 saturated heterocycles. The predicted molar refractivity (Wildman–Crippen MR) is 117 cm³/mol. The van der Waals surface area contributed by atoms with E-state index in [1.54, 1.807) is 22.9 Å². The van der Waals surface area contributed by atoms with E-state index >= 15 is 0 Å². The molecule has 0 radical (unpaired) electrons. The van der Waals surface area contributed by atoms with Crippen LogP contribution in [0.5, 0.6) is 5.75 Å². The molecule has 158 valence electrons. The lowest BCUT2D eigenvalue weighted by molar-refractivity contribution is -0.123. The number of carbonyl (C=O) groups excluding carboxylic acids is 1. The SMILES string of the molecule is Cc1nn(-c2ccc(NCCNC(=O)COc3ccc(Cl)cc3Cl)nn2)c(C)c1C. The van der Waals surface area contributed by atoms with Crippen LogP contribution in [0.3, 0.4) is 0 Å². The van der Waals surface area contributed by atoms with Crippen LogP contribution in [0.4, 0.5) is 5.82 Å². The molecule has 0 atom stereocenters. The van der Waals surface area contributed by atoms with Crippen molar-refractivity contribution in [1.82, 2.24) is 25.3 Å². The van der Waals surface area contributed by atoms with E-state index in [9.17, 15) is 4.79 Å². The van der Waals surface area contributed by atoms with Crippen LogP contribution < -0.4 is 15.4 Å². The van der Waals surface area contributed by atoms with Crippen molar-refractivity contribution in [3.63, 3.8) is 0 Å². The van der Waals surface area contributed by atoms with Gasteiger partial charge in [0.1, 0.15) is 11.6 Å². The zero-order chi connectivity index (χ0) is 21.7. The van der Waals surface area contributed by atoms with Crippen molar-refractivity contribution in [2.45, 2.75) is 20.8 Å². The van der Waals surface area contributed by atoms with Crippen LogP contribution in [-0.2, 0) is 4.79 Å². The maximum Gasteiger partial charge on any atom is 0.258 e. The number of nitrogens with zero attached hydrogens (tertiary/aromatic N) is 4. The minimum absolute atomic E-state index is 0.141. The summed E-state index contributed by atoms with van der Waals surface area (Å²) < 4.78 is 7.16. The molecule has 0 spiro atoms. The van der Waals surface area contributed by atoms with Gasteiger partial charge in [-0.05, 0) is 56.7 Å². The fraction of sp³-hybridized carbons (Fsp3) is 0.300. The summed E-state index contributed by atoms with van der Waals surface area (Å²) in [6.07, 6.45) is 0. The van der Waals surface area contributed by atoms with Gasteiger partial charge in [0.05, 0.1) is 10.7 Å². The summed E-state index contributed by atoms with van der Waals surface area (Å²) >= 11 is 11.8. The lowest BCUT2D eigenvalue weighted by Crippen LogP contribution is -2.32. The molecule has 2 aromatic heterocycles. The zero-order valence-corrected chi connectivity index (χ0v) is 18.4. The lowest BCUT2D eigenvalue weighted by Gasteiger charge is -2.10. The van der Waals surface area contributed by atoms with Gasteiger partial charge in [0.2, 0.25) is 0 Å². The summed E-state index contributed by atoms with van der Waals surface area (Å²) in [5, 5.41) is 19.6. The Morgan fingerprint density at radius 3 is 2.53 bits per heavy atom. The van der Waals surface area contributed by atoms with Crippen LogP contribution in [0.1, 0.15) is 17.0 Å². The van der Waals surface area contributed by atoms with Gasteiger partial charge in [0.25, 0.3) is 5.91 Å². The molecule has 0 unspecified atom stereocenters. The summed E-state index contributed by atoms with van der Waals surface area (Å²) in [5.41, 5.74) is 3.14. The molecule has 0 aliphatic rings. The molecular weight excluding hydrogens is 427 g/mol. The molecule has 0 saturated carbocycles. The second kappa shape index (κ2) is 9.77. The quantitative estimate of drug-likeness (QED) is 0.512. The summed E-state index contributed by atoms with van der Waals surface area (Å²) in [6.45, 7) is 6.73. The first-order valence-electron chi connectivity index (χ1n) is 9.30. The van der Waals surface area contributed by atoms with Crippen molar-refractivity contribution in [1.29, 1.82) is 0 Å². The van der Waals surface area contributed by atoms with E-state index < -0.39 is 0 Å². The van der Waals surface area contributed by atoms with Gasteiger partial charge in [-0.1, -0.05) is 23.2 Å². The molecule has 10 heteroatoms.